The van der Waals surface area contributed by atoms with Gasteiger partial charge in [0.2, 0.25) is 0 Å². The number of hydrogen-bond donors (Lipinski definition) is 0. The molecule has 3 nitrogen and oxygen atoms in total. The van der Waals surface area contributed by atoms with Crippen LogP contribution in [0.15, 0.2) is 19.0 Å². The van der Waals surface area contributed by atoms with Crippen LogP contribution >= 0.6 is 0 Å². The first-order chi connectivity index (χ1) is 6.38. The van der Waals surface area contributed by atoms with E-state index in [1.807, 2.05) is 23.2 Å². The molecule has 0 amide bonds. The third-order valence-electron chi connectivity index (χ3n) is 2.36. The fourth-order valence-corrected chi connectivity index (χ4v) is 1.58. The molecule has 0 N–H and O–H groups in total. The second-order valence-corrected chi connectivity index (χ2v) is 3.43. The van der Waals surface area contributed by atoms with Crippen molar-refractivity contribution in [2.45, 2.75) is 13.0 Å². The van der Waals surface area contributed by atoms with Crippen molar-refractivity contribution in [2.24, 2.45) is 5.92 Å². The van der Waals surface area contributed by atoms with Crippen molar-refractivity contribution >= 4 is 6.08 Å². The van der Waals surface area contributed by atoms with Crippen molar-refractivity contribution in [2.75, 3.05) is 13.2 Å². The third-order valence-corrected chi connectivity index (χ3v) is 2.36. The fourth-order valence-electron chi connectivity index (χ4n) is 1.58. The van der Waals surface area contributed by atoms with E-state index in [2.05, 4.69) is 11.7 Å². The van der Waals surface area contributed by atoms with Crippen LogP contribution in [0, 0.1) is 5.92 Å². The standard InChI is InChI=1S/C10H14N2O/c1-2-9-5-11-12(6-9)7-10-3-4-13-8-10/h2,5-6,10H,1,3-4,7-8H2/t10-/m0/s1. The van der Waals surface area contributed by atoms with Crippen molar-refractivity contribution in [3.63, 3.8) is 0 Å². The van der Waals surface area contributed by atoms with Crippen LogP contribution in [0.1, 0.15) is 12.0 Å². The van der Waals surface area contributed by atoms with E-state index < -0.39 is 0 Å². The zero-order valence-corrected chi connectivity index (χ0v) is 7.65. The van der Waals surface area contributed by atoms with Crippen LogP contribution in [-0.2, 0) is 11.3 Å². The van der Waals surface area contributed by atoms with Crippen LogP contribution in [0.25, 0.3) is 6.08 Å². The molecule has 2 heterocycles. The number of nitrogens with zero attached hydrogens (tertiary/aromatic N) is 2. The summed E-state index contributed by atoms with van der Waals surface area (Å²) in [5, 5.41) is 4.24. The molecule has 1 atom stereocenters. The highest BCUT2D eigenvalue weighted by Gasteiger charge is 2.16. The first kappa shape index (κ1) is 8.51. The van der Waals surface area contributed by atoms with Gasteiger partial charge in [0, 0.05) is 30.8 Å². The molecule has 1 aliphatic rings. The predicted molar refractivity (Wildman–Crippen MR) is 51.2 cm³/mol. The van der Waals surface area contributed by atoms with Gasteiger partial charge in [-0.25, -0.2) is 0 Å². The summed E-state index contributed by atoms with van der Waals surface area (Å²) in [4.78, 5) is 0. The van der Waals surface area contributed by atoms with E-state index in [0.717, 1.165) is 31.7 Å². The molecule has 0 spiro atoms. The van der Waals surface area contributed by atoms with Gasteiger partial charge in [-0.05, 0) is 6.42 Å². The van der Waals surface area contributed by atoms with Gasteiger partial charge in [-0.2, -0.15) is 5.10 Å². The highest BCUT2D eigenvalue weighted by Crippen LogP contribution is 2.14. The minimum Gasteiger partial charge on any atom is -0.381 e. The van der Waals surface area contributed by atoms with E-state index >= 15 is 0 Å². The smallest absolute Gasteiger partial charge is 0.0562 e. The number of hydrogen-bond acceptors (Lipinski definition) is 2. The third kappa shape index (κ3) is 1.98. The summed E-state index contributed by atoms with van der Waals surface area (Å²) in [6, 6.07) is 0. The molecule has 1 aliphatic heterocycles. The Balaban J connectivity index is 1.96. The quantitative estimate of drug-likeness (QED) is 0.702. The van der Waals surface area contributed by atoms with Gasteiger partial charge in [-0.1, -0.05) is 12.7 Å². The molecule has 1 saturated heterocycles. The van der Waals surface area contributed by atoms with Crippen molar-refractivity contribution in [1.29, 1.82) is 0 Å². The molecule has 1 aromatic rings. The van der Waals surface area contributed by atoms with Crippen LogP contribution in [0.3, 0.4) is 0 Å². The number of ether oxygens (including phenoxy) is 1. The first-order valence-electron chi connectivity index (χ1n) is 4.61. The molecule has 1 fully saturated rings. The van der Waals surface area contributed by atoms with Gasteiger partial charge in [-0.15, -0.1) is 0 Å². The molecule has 0 radical (unpaired) electrons. The maximum atomic E-state index is 5.30. The van der Waals surface area contributed by atoms with Crippen molar-refractivity contribution in [3.05, 3.63) is 24.5 Å². The molecule has 0 aromatic carbocycles. The van der Waals surface area contributed by atoms with E-state index in [1.165, 1.54) is 0 Å². The minimum atomic E-state index is 0.637. The van der Waals surface area contributed by atoms with Gasteiger partial charge in [0.25, 0.3) is 0 Å². The lowest BCUT2D eigenvalue weighted by Crippen LogP contribution is -2.10. The van der Waals surface area contributed by atoms with Gasteiger partial charge in [0.05, 0.1) is 12.8 Å². The van der Waals surface area contributed by atoms with Gasteiger partial charge in [-0.3, -0.25) is 4.68 Å². The van der Waals surface area contributed by atoms with Crippen molar-refractivity contribution < 1.29 is 4.74 Å². The Bertz CT molecular complexity index is 287. The zero-order valence-electron chi connectivity index (χ0n) is 7.65. The molecule has 70 valence electrons. The minimum absolute atomic E-state index is 0.637. The largest absolute Gasteiger partial charge is 0.381 e. The maximum absolute atomic E-state index is 5.30. The molecule has 0 unspecified atom stereocenters. The summed E-state index contributed by atoms with van der Waals surface area (Å²) in [5.74, 6) is 0.637. The van der Waals surface area contributed by atoms with Crippen LogP contribution in [-0.4, -0.2) is 23.0 Å². The summed E-state index contributed by atoms with van der Waals surface area (Å²) < 4.78 is 7.27. The van der Waals surface area contributed by atoms with E-state index in [9.17, 15) is 0 Å². The first-order valence-corrected chi connectivity index (χ1v) is 4.61. The Labute approximate surface area is 78.0 Å². The highest BCUT2D eigenvalue weighted by atomic mass is 16.5. The molecule has 2 rings (SSSR count). The summed E-state index contributed by atoms with van der Waals surface area (Å²) in [6.45, 7) is 6.45. The normalized spacial score (nSPS) is 22.0. The van der Waals surface area contributed by atoms with Crippen LogP contribution in [0.4, 0.5) is 0 Å². The van der Waals surface area contributed by atoms with Crippen molar-refractivity contribution in [1.82, 2.24) is 9.78 Å². The summed E-state index contributed by atoms with van der Waals surface area (Å²) in [6.07, 6.45) is 6.83. The fraction of sp³-hybridized carbons (Fsp3) is 0.500. The Kier molecular flexibility index (Phi) is 2.45. The lowest BCUT2D eigenvalue weighted by Gasteiger charge is -2.06. The molecule has 0 aliphatic carbocycles. The zero-order chi connectivity index (χ0) is 9.10. The van der Waals surface area contributed by atoms with Crippen molar-refractivity contribution in [3.8, 4) is 0 Å². The average molecular weight is 178 g/mol. The van der Waals surface area contributed by atoms with E-state index in [1.54, 1.807) is 0 Å². The highest BCUT2D eigenvalue weighted by molar-refractivity contribution is 5.43. The van der Waals surface area contributed by atoms with Gasteiger partial charge >= 0.3 is 0 Å². The maximum Gasteiger partial charge on any atom is 0.0562 e. The van der Waals surface area contributed by atoms with Crippen LogP contribution in [0.2, 0.25) is 0 Å². The SMILES string of the molecule is C=Cc1cnn(C[C@@H]2CCOC2)c1. The monoisotopic (exact) mass is 178 g/mol. The summed E-state index contributed by atoms with van der Waals surface area (Å²) >= 11 is 0. The number of aromatic nitrogens is 2. The van der Waals surface area contributed by atoms with Crippen LogP contribution < -0.4 is 0 Å². The Hall–Kier alpha value is -1.09. The molecule has 3 heteroatoms. The predicted octanol–water partition coefficient (Wildman–Crippen LogP) is 1.56. The molecular formula is C10H14N2O. The summed E-state index contributed by atoms with van der Waals surface area (Å²) in [7, 11) is 0. The second kappa shape index (κ2) is 3.75. The Morgan fingerprint density at radius 1 is 1.77 bits per heavy atom. The lowest BCUT2D eigenvalue weighted by molar-refractivity contribution is 0.181. The molecule has 1 aromatic heterocycles. The van der Waals surface area contributed by atoms with Gasteiger partial charge in [0.15, 0.2) is 0 Å². The molecule has 0 saturated carbocycles. The van der Waals surface area contributed by atoms with E-state index in [0.29, 0.717) is 5.92 Å². The molecule has 13 heavy (non-hydrogen) atoms. The van der Waals surface area contributed by atoms with Crippen LogP contribution in [0.5, 0.6) is 0 Å². The molecule has 0 bridgehead atoms. The topological polar surface area (TPSA) is 27.1 Å². The van der Waals surface area contributed by atoms with Gasteiger partial charge < -0.3 is 4.74 Å². The average Bonchev–Trinajstić information content (AvgIpc) is 2.76. The van der Waals surface area contributed by atoms with E-state index in [-0.39, 0.29) is 0 Å². The second-order valence-electron chi connectivity index (χ2n) is 3.43. The lowest BCUT2D eigenvalue weighted by atomic mass is 10.1. The number of rotatable bonds is 3. The Morgan fingerprint density at radius 2 is 2.69 bits per heavy atom. The molecular weight excluding hydrogens is 164 g/mol. The summed E-state index contributed by atoms with van der Waals surface area (Å²) in [5.41, 5.74) is 1.08. The van der Waals surface area contributed by atoms with E-state index in [4.69, 9.17) is 4.74 Å². The van der Waals surface area contributed by atoms with Gasteiger partial charge in [0.1, 0.15) is 0 Å². The Morgan fingerprint density at radius 3 is 3.31 bits per heavy atom.